The number of nitrogens with zero attached hydrogens (tertiary/aromatic N) is 1. The average Bonchev–Trinajstić information content (AvgIpc) is 2.36. The summed E-state index contributed by atoms with van der Waals surface area (Å²) in [5, 5.41) is 12.1. The van der Waals surface area contributed by atoms with Gasteiger partial charge in [-0.25, -0.2) is 0 Å². The van der Waals surface area contributed by atoms with Gasteiger partial charge in [-0.2, -0.15) is 0 Å². The van der Waals surface area contributed by atoms with Gasteiger partial charge in [-0.1, -0.05) is 22.0 Å². The van der Waals surface area contributed by atoms with Crippen LogP contribution >= 0.6 is 15.9 Å². The summed E-state index contributed by atoms with van der Waals surface area (Å²) in [6, 6.07) is 5.67. The summed E-state index contributed by atoms with van der Waals surface area (Å²) in [4.78, 5) is 13.6. The van der Waals surface area contributed by atoms with E-state index in [0.29, 0.717) is 19.6 Å². The molecular weight excluding hydrogens is 296 g/mol. The van der Waals surface area contributed by atoms with E-state index in [2.05, 4.69) is 21.2 Å². The van der Waals surface area contributed by atoms with E-state index in [1.165, 1.54) is 0 Å². The molecule has 1 aromatic carbocycles. The maximum absolute atomic E-state index is 11.6. The Morgan fingerprint density at radius 3 is 2.72 bits per heavy atom. The molecule has 0 unspecified atom stereocenters. The summed E-state index contributed by atoms with van der Waals surface area (Å²) in [5.74, 6) is -0.0109. The quantitative estimate of drug-likeness (QED) is 0.843. The van der Waals surface area contributed by atoms with Gasteiger partial charge in [0.05, 0.1) is 13.2 Å². The van der Waals surface area contributed by atoms with Crippen molar-refractivity contribution in [3.8, 4) is 0 Å². The van der Waals surface area contributed by atoms with Crippen LogP contribution in [-0.4, -0.2) is 30.6 Å². The minimum atomic E-state index is -0.0332. The first-order valence-electron chi connectivity index (χ1n) is 6.03. The predicted octanol–water partition coefficient (Wildman–Crippen LogP) is 1.90. The number of anilines is 1. The van der Waals surface area contributed by atoms with Crippen molar-refractivity contribution < 1.29 is 9.90 Å². The van der Waals surface area contributed by atoms with Crippen molar-refractivity contribution in [1.29, 1.82) is 0 Å². The number of carbonyl (C=O) groups is 1. The molecule has 0 atom stereocenters. The molecule has 0 saturated carbocycles. The van der Waals surface area contributed by atoms with Crippen molar-refractivity contribution in [3.63, 3.8) is 0 Å². The molecule has 0 radical (unpaired) electrons. The van der Waals surface area contributed by atoms with E-state index in [-0.39, 0.29) is 12.5 Å². The molecule has 0 aliphatic heterocycles. The van der Waals surface area contributed by atoms with Crippen LogP contribution in [0.1, 0.15) is 19.4 Å². The predicted molar refractivity (Wildman–Crippen MR) is 76.6 cm³/mol. The summed E-state index contributed by atoms with van der Waals surface area (Å²) in [5.41, 5.74) is 1.71. The minimum absolute atomic E-state index is 0.0109. The Kier molecular flexibility index (Phi) is 6.15. The van der Waals surface area contributed by atoms with Crippen LogP contribution in [0.4, 0.5) is 5.69 Å². The van der Waals surface area contributed by atoms with Crippen LogP contribution in [0.15, 0.2) is 22.7 Å². The maximum Gasteiger partial charge on any atom is 0.239 e. The van der Waals surface area contributed by atoms with Crippen LogP contribution < -0.4 is 10.2 Å². The Balaban J connectivity index is 2.93. The van der Waals surface area contributed by atoms with Crippen molar-refractivity contribution in [3.05, 3.63) is 28.2 Å². The van der Waals surface area contributed by atoms with E-state index in [9.17, 15) is 9.90 Å². The van der Waals surface area contributed by atoms with E-state index < -0.39 is 0 Å². The second-order valence-electron chi connectivity index (χ2n) is 3.90. The molecule has 0 saturated heterocycles. The summed E-state index contributed by atoms with van der Waals surface area (Å²) < 4.78 is 0.934. The molecule has 1 aromatic rings. The number of hydrogen-bond donors (Lipinski definition) is 2. The van der Waals surface area contributed by atoms with Crippen LogP contribution in [0, 0.1) is 0 Å². The highest BCUT2D eigenvalue weighted by Gasteiger charge is 2.13. The highest BCUT2D eigenvalue weighted by Crippen LogP contribution is 2.25. The molecule has 0 fully saturated rings. The van der Waals surface area contributed by atoms with Gasteiger partial charge in [0.15, 0.2) is 0 Å². The largest absolute Gasteiger partial charge is 0.392 e. The van der Waals surface area contributed by atoms with Crippen LogP contribution in [0.5, 0.6) is 0 Å². The summed E-state index contributed by atoms with van der Waals surface area (Å²) in [6.07, 6.45) is 0. The van der Waals surface area contributed by atoms with Crippen LogP contribution in [0.3, 0.4) is 0 Å². The smallest absolute Gasteiger partial charge is 0.239 e. The zero-order valence-electron chi connectivity index (χ0n) is 10.7. The Morgan fingerprint density at radius 1 is 1.44 bits per heavy atom. The van der Waals surface area contributed by atoms with Crippen LogP contribution in [0.25, 0.3) is 0 Å². The zero-order chi connectivity index (χ0) is 13.5. The number of nitrogens with one attached hydrogen (secondary N) is 1. The van der Waals surface area contributed by atoms with E-state index in [4.69, 9.17) is 0 Å². The molecule has 0 spiro atoms. The van der Waals surface area contributed by atoms with Gasteiger partial charge < -0.3 is 15.3 Å². The fourth-order valence-electron chi connectivity index (χ4n) is 1.76. The van der Waals surface area contributed by atoms with Gasteiger partial charge >= 0.3 is 0 Å². The molecule has 1 rings (SSSR count). The Bertz CT molecular complexity index is 410. The second kappa shape index (κ2) is 7.38. The average molecular weight is 315 g/mol. The number of likely N-dealkylation sites (N-methyl/N-ethyl adjacent to an activating group) is 2. The number of halogens is 1. The lowest BCUT2D eigenvalue weighted by Gasteiger charge is -2.25. The molecule has 18 heavy (non-hydrogen) atoms. The number of aliphatic hydroxyl groups excluding tert-OH is 1. The summed E-state index contributed by atoms with van der Waals surface area (Å²) in [7, 11) is 0. The van der Waals surface area contributed by atoms with E-state index >= 15 is 0 Å². The molecular formula is C13H19BrN2O2. The van der Waals surface area contributed by atoms with Gasteiger partial charge in [0.25, 0.3) is 0 Å². The molecule has 0 aliphatic rings. The highest BCUT2D eigenvalue weighted by molar-refractivity contribution is 9.10. The number of carbonyl (C=O) groups excluding carboxylic acids is 1. The molecule has 4 nitrogen and oxygen atoms in total. The number of amides is 1. The fourth-order valence-corrected chi connectivity index (χ4v) is 2.11. The minimum Gasteiger partial charge on any atom is -0.392 e. The first kappa shape index (κ1) is 15.0. The summed E-state index contributed by atoms with van der Waals surface area (Å²) >= 11 is 3.41. The molecule has 1 amide bonds. The third-order valence-corrected chi connectivity index (χ3v) is 3.14. The molecule has 0 heterocycles. The van der Waals surface area contributed by atoms with Gasteiger partial charge in [-0.15, -0.1) is 0 Å². The van der Waals surface area contributed by atoms with Gasteiger partial charge in [0.1, 0.15) is 0 Å². The van der Waals surface area contributed by atoms with Crippen molar-refractivity contribution in [1.82, 2.24) is 5.32 Å². The second-order valence-corrected chi connectivity index (χ2v) is 4.81. The fraction of sp³-hybridized carbons (Fsp3) is 0.462. The lowest BCUT2D eigenvalue weighted by atomic mass is 10.1. The van der Waals surface area contributed by atoms with Crippen LogP contribution in [-0.2, 0) is 11.4 Å². The first-order valence-corrected chi connectivity index (χ1v) is 6.82. The first-order chi connectivity index (χ1) is 8.62. The Hall–Kier alpha value is -1.07. The van der Waals surface area contributed by atoms with Crippen molar-refractivity contribution in [2.75, 3.05) is 24.5 Å². The number of hydrogen-bond acceptors (Lipinski definition) is 3. The summed E-state index contributed by atoms with van der Waals surface area (Å²) in [6.45, 7) is 5.48. The number of aliphatic hydroxyl groups is 1. The SMILES string of the molecule is CCNC(=O)CN(CC)c1cc(Br)ccc1CO. The molecule has 0 aromatic heterocycles. The van der Waals surface area contributed by atoms with E-state index in [0.717, 1.165) is 15.7 Å². The van der Waals surface area contributed by atoms with Gasteiger partial charge in [0.2, 0.25) is 5.91 Å². The third-order valence-electron chi connectivity index (χ3n) is 2.65. The standard InChI is InChI=1S/C13H19BrN2O2/c1-3-15-13(18)8-16(4-2)12-7-11(14)6-5-10(12)9-17/h5-7,17H,3-4,8-9H2,1-2H3,(H,15,18). The monoisotopic (exact) mass is 314 g/mol. The number of benzene rings is 1. The van der Waals surface area contributed by atoms with Crippen molar-refractivity contribution >= 4 is 27.5 Å². The lowest BCUT2D eigenvalue weighted by molar-refractivity contribution is -0.119. The molecule has 2 N–H and O–H groups in total. The zero-order valence-corrected chi connectivity index (χ0v) is 12.3. The highest BCUT2D eigenvalue weighted by atomic mass is 79.9. The lowest BCUT2D eigenvalue weighted by Crippen LogP contribution is -2.37. The van der Waals surface area contributed by atoms with Crippen LogP contribution in [0.2, 0.25) is 0 Å². The van der Waals surface area contributed by atoms with Gasteiger partial charge in [0, 0.05) is 28.8 Å². The number of rotatable bonds is 6. The van der Waals surface area contributed by atoms with Crippen molar-refractivity contribution in [2.24, 2.45) is 0 Å². The maximum atomic E-state index is 11.6. The van der Waals surface area contributed by atoms with E-state index in [1.807, 2.05) is 36.9 Å². The Morgan fingerprint density at radius 2 is 2.17 bits per heavy atom. The molecule has 0 bridgehead atoms. The Labute approximate surface area is 116 Å². The third kappa shape index (κ3) is 3.99. The van der Waals surface area contributed by atoms with Gasteiger partial charge in [-0.3, -0.25) is 4.79 Å². The molecule has 5 heteroatoms. The van der Waals surface area contributed by atoms with Gasteiger partial charge in [-0.05, 0) is 26.0 Å². The molecule has 0 aliphatic carbocycles. The van der Waals surface area contributed by atoms with E-state index in [1.54, 1.807) is 0 Å². The molecule has 100 valence electrons. The normalized spacial score (nSPS) is 10.2. The van der Waals surface area contributed by atoms with Crippen molar-refractivity contribution in [2.45, 2.75) is 20.5 Å². The topological polar surface area (TPSA) is 52.6 Å².